The molecule has 182 valence electrons. The number of unbranched alkanes of at least 4 members (excludes halogenated alkanes) is 1. The number of hydrogen-bond acceptors (Lipinski definition) is 6. The number of amides is 1. The van der Waals surface area contributed by atoms with Crippen LogP contribution in [0.3, 0.4) is 0 Å². The van der Waals surface area contributed by atoms with Crippen LogP contribution in [0.2, 0.25) is 0 Å². The zero-order valence-electron chi connectivity index (χ0n) is 20.4. The van der Waals surface area contributed by atoms with E-state index in [0.29, 0.717) is 17.1 Å². The Bertz CT molecular complexity index is 1440. The first-order valence-corrected chi connectivity index (χ1v) is 13.0. The van der Waals surface area contributed by atoms with E-state index in [0.717, 1.165) is 52.7 Å². The van der Waals surface area contributed by atoms with Crippen molar-refractivity contribution in [3.63, 3.8) is 0 Å². The van der Waals surface area contributed by atoms with Gasteiger partial charge in [0.1, 0.15) is 11.4 Å². The quantitative estimate of drug-likeness (QED) is 0.282. The maximum Gasteiger partial charge on any atom is 0.275 e. The molecular formula is C29H28N4O2S. The van der Waals surface area contributed by atoms with Gasteiger partial charge < -0.3 is 9.64 Å². The number of methoxy groups -OCH3 is 1. The monoisotopic (exact) mass is 496 g/mol. The highest BCUT2D eigenvalue weighted by molar-refractivity contribution is 7.10. The second-order valence-corrected chi connectivity index (χ2v) is 9.70. The molecule has 2 aromatic carbocycles. The number of pyridine rings is 1. The zero-order chi connectivity index (χ0) is 25.1. The molecule has 36 heavy (non-hydrogen) atoms. The normalized spacial score (nSPS) is 17.0. The van der Waals surface area contributed by atoms with Crippen LogP contribution in [0.15, 0.2) is 60.1 Å². The predicted octanol–water partition coefficient (Wildman–Crippen LogP) is 5.18. The fourth-order valence-corrected chi connectivity index (χ4v) is 5.43. The Kier molecular flexibility index (Phi) is 6.99. The first kappa shape index (κ1) is 24.0. The number of nitrogens with zero attached hydrogens (tertiary/aromatic N) is 3. The highest BCUT2D eigenvalue weighted by Gasteiger charge is 2.39. The average molecular weight is 497 g/mol. The Hall–Kier alpha value is -3.73. The molecular weight excluding hydrogens is 468 g/mol. The molecule has 1 amide bonds. The molecule has 0 radical (unpaired) electrons. The number of terminal acetylenes is 1. The predicted molar refractivity (Wildman–Crippen MR) is 143 cm³/mol. The van der Waals surface area contributed by atoms with Crippen LogP contribution < -0.4 is 10.1 Å². The third-order valence-electron chi connectivity index (χ3n) is 6.61. The molecule has 5 rings (SSSR count). The Labute approximate surface area is 215 Å². The van der Waals surface area contributed by atoms with Gasteiger partial charge in [0.15, 0.2) is 5.01 Å². The largest absolute Gasteiger partial charge is 0.497 e. The van der Waals surface area contributed by atoms with E-state index in [9.17, 15) is 4.79 Å². The van der Waals surface area contributed by atoms with Crippen molar-refractivity contribution < 1.29 is 9.53 Å². The number of ether oxygens (including phenoxy) is 1. The van der Waals surface area contributed by atoms with E-state index in [1.54, 1.807) is 18.7 Å². The molecule has 0 bridgehead atoms. The smallest absolute Gasteiger partial charge is 0.275 e. The summed E-state index contributed by atoms with van der Waals surface area (Å²) in [4.78, 5) is 24.9. The van der Waals surface area contributed by atoms with Crippen molar-refractivity contribution in [2.75, 3.05) is 13.7 Å². The van der Waals surface area contributed by atoms with E-state index >= 15 is 0 Å². The van der Waals surface area contributed by atoms with Crippen LogP contribution in [0.1, 0.15) is 58.0 Å². The van der Waals surface area contributed by atoms with Gasteiger partial charge in [-0.15, -0.1) is 17.8 Å². The van der Waals surface area contributed by atoms with Crippen LogP contribution in [0.4, 0.5) is 0 Å². The van der Waals surface area contributed by atoms with Gasteiger partial charge in [-0.1, -0.05) is 31.5 Å². The molecule has 3 heterocycles. The summed E-state index contributed by atoms with van der Waals surface area (Å²) in [5.74, 6) is 3.22. The van der Waals surface area contributed by atoms with Crippen LogP contribution in [0.25, 0.3) is 10.9 Å². The summed E-state index contributed by atoms with van der Waals surface area (Å²) >= 11 is 1.31. The number of carbonyl (C=O) groups is 1. The van der Waals surface area contributed by atoms with Gasteiger partial charge >= 0.3 is 0 Å². The van der Waals surface area contributed by atoms with Crippen molar-refractivity contribution in [2.24, 2.45) is 0 Å². The second-order valence-electron chi connectivity index (χ2n) is 8.85. The second kappa shape index (κ2) is 10.5. The minimum Gasteiger partial charge on any atom is -0.497 e. The summed E-state index contributed by atoms with van der Waals surface area (Å²) in [6.45, 7) is 2.97. The Morgan fingerprint density at radius 3 is 2.94 bits per heavy atom. The summed E-state index contributed by atoms with van der Waals surface area (Å²) in [6, 6.07) is 16.0. The van der Waals surface area contributed by atoms with Crippen molar-refractivity contribution >= 4 is 28.1 Å². The van der Waals surface area contributed by atoms with Gasteiger partial charge in [0.25, 0.3) is 5.91 Å². The minimum atomic E-state index is -0.313. The van der Waals surface area contributed by atoms with Gasteiger partial charge in [-0.2, -0.15) is 0 Å². The molecule has 6 nitrogen and oxygen atoms in total. The van der Waals surface area contributed by atoms with Gasteiger partial charge in [-0.25, -0.2) is 4.98 Å². The topological polar surface area (TPSA) is 67.4 Å². The van der Waals surface area contributed by atoms with E-state index in [1.807, 2.05) is 29.2 Å². The van der Waals surface area contributed by atoms with Crippen LogP contribution >= 0.6 is 11.3 Å². The van der Waals surface area contributed by atoms with E-state index in [4.69, 9.17) is 11.2 Å². The third kappa shape index (κ3) is 4.58. The number of nitrogens with one attached hydrogen (secondary N) is 1. The van der Waals surface area contributed by atoms with E-state index < -0.39 is 0 Å². The van der Waals surface area contributed by atoms with Crippen molar-refractivity contribution in [3.05, 3.63) is 87.5 Å². The lowest BCUT2D eigenvalue weighted by Crippen LogP contribution is -2.54. The van der Waals surface area contributed by atoms with Crippen molar-refractivity contribution in [1.82, 2.24) is 20.2 Å². The molecule has 1 aliphatic heterocycles. The number of aromatic nitrogens is 2. The highest BCUT2D eigenvalue weighted by atomic mass is 32.1. The van der Waals surface area contributed by atoms with Gasteiger partial charge in [-0.3, -0.25) is 15.1 Å². The number of fused-ring (bicyclic) bond motifs is 2. The molecule has 1 N–H and O–H groups in total. The summed E-state index contributed by atoms with van der Waals surface area (Å²) < 4.78 is 5.53. The minimum absolute atomic E-state index is 0.139. The summed E-state index contributed by atoms with van der Waals surface area (Å²) in [7, 11) is 1.68. The first-order valence-electron chi connectivity index (χ1n) is 12.1. The van der Waals surface area contributed by atoms with E-state index in [-0.39, 0.29) is 18.1 Å². The van der Waals surface area contributed by atoms with Gasteiger partial charge in [-0.05, 0) is 65.9 Å². The fraction of sp³-hybridized carbons (Fsp3) is 0.276. The lowest BCUT2D eigenvalue weighted by Gasteiger charge is -2.44. The number of hydrogen-bond donors (Lipinski definition) is 1. The van der Waals surface area contributed by atoms with Crippen LogP contribution in [-0.2, 0) is 6.42 Å². The van der Waals surface area contributed by atoms with E-state index in [1.165, 1.54) is 11.3 Å². The molecule has 0 aliphatic carbocycles. The average Bonchev–Trinajstić information content (AvgIpc) is 3.41. The number of benzene rings is 2. The summed E-state index contributed by atoms with van der Waals surface area (Å²) in [5, 5.41) is 6.94. The third-order valence-corrected chi connectivity index (χ3v) is 7.38. The Morgan fingerprint density at radius 1 is 1.28 bits per heavy atom. The van der Waals surface area contributed by atoms with Crippen LogP contribution in [0, 0.1) is 12.3 Å². The molecule has 0 spiro atoms. The molecule has 1 aliphatic rings. The van der Waals surface area contributed by atoms with Gasteiger partial charge in [0, 0.05) is 23.4 Å². The van der Waals surface area contributed by atoms with Crippen LogP contribution in [0.5, 0.6) is 5.75 Å². The summed E-state index contributed by atoms with van der Waals surface area (Å²) in [6.07, 6.45) is 9.89. The molecule has 0 fully saturated rings. The van der Waals surface area contributed by atoms with Crippen molar-refractivity contribution in [2.45, 2.75) is 38.4 Å². The molecule has 0 saturated heterocycles. The van der Waals surface area contributed by atoms with Crippen molar-refractivity contribution in [3.8, 4) is 18.1 Å². The summed E-state index contributed by atoms with van der Waals surface area (Å²) in [5.41, 5.74) is 4.55. The Balaban J connectivity index is 1.67. The first-order chi connectivity index (χ1) is 17.6. The molecule has 2 aromatic heterocycles. The Morgan fingerprint density at radius 2 is 2.17 bits per heavy atom. The van der Waals surface area contributed by atoms with Crippen LogP contribution in [-0.4, -0.2) is 40.6 Å². The number of carbonyl (C=O) groups excluding carboxylic acids is 1. The highest BCUT2D eigenvalue weighted by Crippen LogP contribution is 2.40. The van der Waals surface area contributed by atoms with Gasteiger partial charge in [0.05, 0.1) is 24.8 Å². The zero-order valence-corrected chi connectivity index (χ0v) is 21.2. The maximum atomic E-state index is 14.1. The molecule has 1 unspecified atom stereocenters. The number of thiazole rings is 1. The molecule has 0 saturated carbocycles. The van der Waals surface area contributed by atoms with E-state index in [2.05, 4.69) is 52.4 Å². The standard InChI is InChI=1S/C29H28N4O2S/c1-4-6-13-31-26-17-21-16-22(35-3)10-11-23(21)28(20-9-12-24-19(15-20)8-7-14-30-24)33(26)29(34)25-18-36-27(5-2)32-25/h2,7-12,14-16,18,26,28,31H,4,6,13,17H2,1,3H3/t26-,28?/m1/s1. The lowest BCUT2D eigenvalue weighted by atomic mass is 9.85. The fourth-order valence-electron chi connectivity index (χ4n) is 4.84. The number of rotatable bonds is 7. The molecule has 4 aromatic rings. The molecule has 7 heteroatoms. The lowest BCUT2D eigenvalue weighted by molar-refractivity contribution is 0.0525. The molecule has 2 atom stereocenters. The SMILES string of the molecule is C#Cc1nc(C(=O)N2C(c3ccc4ncccc4c3)c3ccc(OC)cc3C[C@@H]2NCCCC)cs1. The van der Waals surface area contributed by atoms with Gasteiger partial charge in [0.2, 0.25) is 0 Å². The maximum absolute atomic E-state index is 14.1. The van der Waals surface area contributed by atoms with Crippen molar-refractivity contribution in [1.29, 1.82) is 0 Å².